The van der Waals surface area contributed by atoms with Crippen molar-refractivity contribution in [1.29, 1.82) is 0 Å². The van der Waals surface area contributed by atoms with Gasteiger partial charge in [0.2, 0.25) is 5.82 Å². The van der Waals surface area contributed by atoms with Crippen LogP contribution in [-0.4, -0.2) is 10.2 Å². The molecule has 2 aliphatic carbocycles. The van der Waals surface area contributed by atoms with Gasteiger partial charge in [-0.05, 0) is 98.7 Å². The van der Waals surface area contributed by atoms with Crippen molar-refractivity contribution in [3.63, 3.8) is 0 Å². The summed E-state index contributed by atoms with van der Waals surface area (Å²) in [6, 6.07) is 7.84. The van der Waals surface area contributed by atoms with Crippen molar-refractivity contribution in [2.75, 3.05) is 0 Å². The van der Waals surface area contributed by atoms with E-state index in [1.165, 1.54) is 36.4 Å². The Labute approximate surface area is 255 Å². The minimum Gasteiger partial charge on any atom is -0.505 e. The molecule has 0 radical (unpaired) electrons. The predicted molar refractivity (Wildman–Crippen MR) is 158 cm³/mol. The van der Waals surface area contributed by atoms with Gasteiger partial charge in [-0.25, -0.2) is 22.0 Å². The molecule has 3 aromatic rings. The van der Waals surface area contributed by atoms with Crippen LogP contribution in [0.1, 0.15) is 106 Å². The van der Waals surface area contributed by atoms with Gasteiger partial charge in [-0.2, -0.15) is 4.39 Å². The lowest BCUT2D eigenvalue weighted by Crippen LogP contribution is -2.26. The molecule has 2 nitrogen and oxygen atoms in total. The Balaban J connectivity index is 1.14. The zero-order chi connectivity index (χ0) is 31.5. The number of halogens is 6. The van der Waals surface area contributed by atoms with Crippen molar-refractivity contribution in [2.24, 2.45) is 17.8 Å². The van der Waals surface area contributed by atoms with Gasteiger partial charge in [-0.15, -0.1) is 0 Å². The van der Waals surface area contributed by atoms with Crippen LogP contribution in [0.2, 0.25) is 0 Å². The first-order valence-corrected chi connectivity index (χ1v) is 15.9. The van der Waals surface area contributed by atoms with Crippen LogP contribution in [0, 0.1) is 52.7 Å². The number of phenols is 1. The smallest absolute Gasteiger partial charge is 0.200 e. The van der Waals surface area contributed by atoms with Gasteiger partial charge >= 0.3 is 0 Å². The van der Waals surface area contributed by atoms with Gasteiger partial charge in [0.05, 0.1) is 6.10 Å². The van der Waals surface area contributed by atoms with Crippen LogP contribution in [0.3, 0.4) is 0 Å². The fourth-order valence-corrected chi connectivity index (χ4v) is 7.53. The first-order chi connectivity index (χ1) is 21.1. The van der Waals surface area contributed by atoms with E-state index >= 15 is 8.78 Å². The molecule has 238 valence electrons. The molecule has 0 aliphatic heterocycles. The lowest BCUT2D eigenvalue weighted by molar-refractivity contribution is 0.156. The average Bonchev–Trinajstić information content (AvgIpc) is 3.03. The first-order valence-electron chi connectivity index (χ1n) is 15.9. The second kappa shape index (κ2) is 14.0. The molecular weight excluding hydrogens is 578 g/mol. The molecule has 1 atom stereocenters. The van der Waals surface area contributed by atoms with Crippen molar-refractivity contribution in [1.82, 2.24) is 0 Å². The zero-order valence-electron chi connectivity index (χ0n) is 25.0. The maximum absolute atomic E-state index is 15.1. The van der Waals surface area contributed by atoms with E-state index in [1.54, 1.807) is 6.92 Å². The summed E-state index contributed by atoms with van der Waals surface area (Å²) in [6.07, 6.45) is 8.25. The van der Waals surface area contributed by atoms with Gasteiger partial charge in [0.1, 0.15) is 0 Å². The summed E-state index contributed by atoms with van der Waals surface area (Å²) in [5.41, 5.74) is -0.385. The average molecular weight is 619 g/mol. The Kier molecular flexibility index (Phi) is 10.3. The number of hydrogen-bond donors (Lipinski definition) is 2. The number of hydrogen-bond acceptors (Lipinski definition) is 2. The molecule has 0 heterocycles. The summed E-state index contributed by atoms with van der Waals surface area (Å²) in [5, 5.41) is 19.5. The highest BCUT2D eigenvalue weighted by atomic mass is 19.2. The summed E-state index contributed by atoms with van der Waals surface area (Å²) in [5.74, 6) is -6.19. The van der Waals surface area contributed by atoms with Gasteiger partial charge in [0, 0.05) is 16.7 Å². The normalized spacial score (nSPS) is 23.1. The number of phenolic OH excluding ortho intramolecular Hbond substituents is 1. The molecule has 8 heteroatoms. The number of aryl methyl sites for hydroxylation is 1. The van der Waals surface area contributed by atoms with Crippen LogP contribution >= 0.6 is 0 Å². The van der Waals surface area contributed by atoms with Crippen LogP contribution in [0.5, 0.6) is 5.75 Å². The highest BCUT2D eigenvalue weighted by Gasteiger charge is 2.33. The molecule has 0 spiro atoms. The Morgan fingerprint density at radius 3 is 1.89 bits per heavy atom. The van der Waals surface area contributed by atoms with E-state index in [0.717, 1.165) is 51.4 Å². The van der Waals surface area contributed by atoms with Crippen LogP contribution in [0.25, 0.3) is 11.1 Å². The molecule has 0 amide bonds. The first kappa shape index (κ1) is 32.4. The van der Waals surface area contributed by atoms with Crippen LogP contribution in [-0.2, 0) is 6.42 Å². The highest BCUT2D eigenvalue weighted by Crippen LogP contribution is 2.45. The fraction of sp³-hybridized carbons (Fsp3) is 0.500. The summed E-state index contributed by atoms with van der Waals surface area (Å²) < 4.78 is 87.9. The molecular formula is C36H40F6O2. The van der Waals surface area contributed by atoms with Crippen molar-refractivity contribution >= 4 is 0 Å². The molecule has 5 rings (SSSR count). The lowest BCUT2D eigenvalue weighted by Gasteiger charge is -2.38. The summed E-state index contributed by atoms with van der Waals surface area (Å²) in [6.45, 7) is 1.81. The van der Waals surface area contributed by atoms with Gasteiger partial charge in [0.25, 0.3) is 0 Å². The molecule has 44 heavy (non-hydrogen) atoms. The minimum atomic E-state index is -1.31. The lowest BCUT2D eigenvalue weighted by atomic mass is 9.68. The predicted octanol–water partition coefficient (Wildman–Crippen LogP) is 10.4. The summed E-state index contributed by atoms with van der Waals surface area (Å²) in [4.78, 5) is 0. The molecule has 3 aromatic carbocycles. The second-order valence-electron chi connectivity index (χ2n) is 12.8. The number of benzene rings is 3. The standard InChI is InChI=1S/C36H40F6O2/c1-2-3-29(43)28-17-16-27(34(40)35(28)41)26-15-14-24(31(37)33(26)39)9-6-20-4-7-21(8-5-20)22-10-12-23(13-11-22)25-18-19-30(44)36(42)32(25)38/h14-23,29,43-44H,2-13H2,1H3. The van der Waals surface area contributed by atoms with E-state index in [4.69, 9.17) is 0 Å². The van der Waals surface area contributed by atoms with E-state index in [9.17, 15) is 27.8 Å². The maximum Gasteiger partial charge on any atom is 0.200 e. The second-order valence-corrected chi connectivity index (χ2v) is 12.8. The van der Waals surface area contributed by atoms with Gasteiger partial charge in [-0.3, -0.25) is 0 Å². The monoisotopic (exact) mass is 618 g/mol. The van der Waals surface area contributed by atoms with Crippen molar-refractivity contribution < 1.29 is 36.6 Å². The largest absolute Gasteiger partial charge is 0.505 e. The maximum atomic E-state index is 15.1. The third-order valence-electron chi connectivity index (χ3n) is 10.2. The summed E-state index contributed by atoms with van der Waals surface area (Å²) >= 11 is 0. The molecule has 0 saturated heterocycles. The number of aliphatic hydroxyl groups is 1. The SMILES string of the molecule is CCCC(O)c1ccc(-c2ccc(CCC3CCC(C4CCC(c5ccc(O)c(F)c5F)CC4)CC3)c(F)c2F)c(F)c1F. The minimum absolute atomic E-state index is 0.0482. The van der Waals surface area contributed by atoms with Gasteiger partial charge < -0.3 is 10.2 Å². The van der Waals surface area contributed by atoms with Crippen molar-refractivity contribution in [2.45, 2.75) is 96.0 Å². The molecule has 2 saturated carbocycles. The van der Waals surface area contributed by atoms with E-state index in [1.807, 2.05) is 0 Å². The van der Waals surface area contributed by atoms with Crippen LogP contribution < -0.4 is 0 Å². The zero-order valence-corrected chi connectivity index (χ0v) is 25.0. The molecule has 0 bridgehead atoms. The highest BCUT2D eigenvalue weighted by molar-refractivity contribution is 5.66. The van der Waals surface area contributed by atoms with Crippen LogP contribution in [0.15, 0.2) is 36.4 Å². The Morgan fingerprint density at radius 1 is 0.659 bits per heavy atom. The fourth-order valence-electron chi connectivity index (χ4n) is 7.53. The Bertz CT molecular complexity index is 1460. The molecule has 2 fully saturated rings. The van der Waals surface area contributed by atoms with Crippen molar-refractivity contribution in [3.8, 4) is 16.9 Å². The van der Waals surface area contributed by atoms with Crippen LogP contribution in [0.4, 0.5) is 26.3 Å². The van der Waals surface area contributed by atoms with E-state index in [0.29, 0.717) is 42.6 Å². The molecule has 2 aliphatic rings. The van der Waals surface area contributed by atoms with E-state index in [-0.39, 0.29) is 34.6 Å². The quantitative estimate of drug-likeness (QED) is 0.234. The molecule has 0 aromatic heterocycles. The van der Waals surface area contributed by atoms with Gasteiger partial charge in [0.15, 0.2) is 34.8 Å². The Morgan fingerprint density at radius 2 is 1.25 bits per heavy atom. The van der Waals surface area contributed by atoms with Crippen molar-refractivity contribution in [3.05, 3.63) is 88.0 Å². The topological polar surface area (TPSA) is 40.5 Å². The Hall–Kier alpha value is -3.00. The number of aromatic hydroxyl groups is 1. The van der Waals surface area contributed by atoms with Gasteiger partial charge in [-0.1, -0.05) is 56.5 Å². The number of aliphatic hydroxyl groups excluding tert-OH is 1. The molecule has 2 N–H and O–H groups in total. The molecule has 1 unspecified atom stereocenters. The van der Waals surface area contributed by atoms with E-state index < -0.39 is 46.8 Å². The number of rotatable bonds is 9. The third-order valence-corrected chi connectivity index (χ3v) is 10.2. The van der Waals surface area contributed by atoms with E-state index in [2.05, 4.69) is 0 Å². The third kappa shape index (κ3) is 6.65. The summed E-state index contributed by atoms with van der Waals surface area (Å²) in [7, 11) is 0.